The minimum atomic E-state index is -0.767. The Morgan fingerprint density at radius 1 is 1.33 bits per heavy atom. The largest absolute Gasteiger partial charge is 0.345 e. The molecule has 6 nitrogen and oxygen atoms in total. The SMILES string of the molecule is CC(NC(=O)C1(N)CCCC1)c1noc(-c2ccc(Cl)cc2)n1.Cl. The fraction of sp³-hybridized carbons (Fsp3) is 0.438. The lowest BCUT2D eigenvalue weighted by Crippen LogP contribution is -2.52. The van der Waals surface area contributed by atoms with E-state index >= 15 is 0 Å². The van der Waals surface area contributed by atoms with Gasteiger partial charge < -0.3 is 15.6 Å². The predicted molar refractivity (Wildman–Crippen MR) is 93.9 cm³/mol. The van der Waals surface area contributed by atoms with Gasteiger partial charge in [-0.05, 0) is 44.0 Å². The fourth-order valence-corrected chi connectivity index (χ4v) is 2.88. The third-order valence-electron chi connectivity index (χ3n) is 4.22. The van der Waals surface area contributed by atoms with Crippen molar-refractivity contribution in [3.05, 3.63) is 35.1 Å². The molecule has 3 N–H and O–H groups in total. The molecule has 1 saturated carbocycles. The van der Waals surface area contributed by atoms with Crippen LogP contribution in [0.4, 0.5) is 0 Å². The molecule has 8 heteroatoms. The van der Waals surface area contributed by atoms with E-state index in [2.05, 4.69) is 15.5 Å². The van der Waals surface area contributed by atoms with Gasteiger partial charge in [0.2, 0.25) is 5.91 Å². The maximum atomic E-state index is 12.3. The molecule has 0 aliphatic heterocycles. The average Bonchev–Trinajstić information content (AvgIpc) is 3.18. The van der Waals surface area contributed by atoms with Gasteiger partial charge in [-0.25, -0.2) is 0 Å². The standard InChI is InChI=1S/C16H19ClN4O2.ClH/c1-10(19-15(22)16(18)8-2-3-9-16)13-20-14(23-21-13)11-4-6-12(17)7-5-11;/h4-7,10H,2-3,8-9,18H2,1H3,(H,19,22);1H. The Morgan fingerprint density at radius 2 is 1.96 bits per heavy atom. The molecule has 1 unspecified atom stereocenters. The summed E-state index contributed by atoms with van der Waals surface area (Å²) in [6, 6.07) is 6.74. The Hall–Kier alpha value is -1.63. The van der Waals surface area contributed by atoms with Gasteiger partial charge in [-0.2, -0.15) is 4.98 Å². The van der Waals surface area contributed by atoms with Crippen molar-refractivity contribution in [3.8, 4) is 11.5 Å². The molecule has 1 aromatic heterocycles. The highest BCUT2D eigenvalue weighted by atomic mass is 35.5. The summed E-state index contributed by atoms with van der Waals surface area (Å²) in [6.45, 7) is 1.81. The molecule has 24 heavy (non-hydrogen) atoms. The number of nitrogens with zero attached hydrogens (tertiary/aromatic N) is 2. The maximum absolute atomic E-state index is 12.3. The predicted octanol–water partition coefficient (Wildman–Crippen LogP) is 3.26. The first-order chi connectivity index (χ1) is 11.0. The van der Waals surface area contributed by atoms with Gasteiger partial charge in [0.05, 0.1) is 11.6 Å². The van der Waals surface area contributed by atoms with Crippen molar-refractivity contribution in [2.45, 2.75) is 44.2 Å². The number of halogens is 2. The third-order valence-corrected chi connectivity index (χ3v) is 4.47. The lowest BCUT2D eigenvalue weighted by molar-refractivity contribution is -0.126. The number of hydrogen-bond acceptors (Lipinski definition) is 5. The number of carbonyl (C=O) groups is 1. The van der Waals surface area contributed by atoms with Crippen LogP contribution in [-0.4, -0.2) is 21.6 Å². The summed E-state index contributed by atoms with van der Waals surface area (Å²) in [5.41, 5.74) is 6.16. The summed E-state index contributed by atoms with van der Waals surface area (Å²) in [5.74, 6) is 0.659. The van der Waals surface area contributed by atoms with Crippen LogP contribution in [0, 0.1) is 0 Å². The Balaban J connectivity index is 0.00000208. The third kappa shape index (κ3) is 3.88. The van der Waals surface area contributed by atoms with Gasteiger partial charge in [-0.3, -0.25) is 4.79 Å². The highest BCUT2D eigenvalue weighted by Gasteiger charge is 2.37. The zero-order valence-corrected chi connectivity index (χ0v) is 14.9. The Morgan fingerprint density at radius 3 is 2.58 bits per heavy atom. The molecule has 1 fully saturated rings. The van der Waals surface area contributed by atoms with Crippen LogP contribution in [0.2, 0.25) is 5.02 Å². The molecule has 1 aromatic carbocycles. The van der Waals surface area contributed by atoms with Crippen molar-refractivity contribution in [3.63, 3.8) is 0 Å². The van der Waals surface area contributed by atoms with Gasteiger partial charge in [0.25, 0.3) is 5.89 Å². The zero-order chi connectivity index (χ0) is 16.4. The first kappa shape index (κ1) is 18.7. The molecule has 0 radical (unpaired) electrons. The number of aromatic nitrogens is 2. The first-order valence-electron chi connectivity index (χ1n) is 7.67. The number of benzene rings is 1. The van der Waals surface area contributed by atoms with E-state index in [4.69, 9.17) is 21.9 Å². The molecule has 1 amide bonds. The number of nitrogens with one attached hydrogen (secondary N) is 1. The summed E-state index contributed by atoms with van der Waals surface area (Å²) < 4.78 is 5.26. The lowest BCUT2D eigenvalue weighted by Gasteiger charge is -2.23. The van der Waals surface area contributed by atoms with E-state index in [1.54, 1.807) is 24.3 Å². The highest BCUT2D eigenvalue weighted by Crippen LogP contribution is 2.28. The molecule has 0 spiro atoms. The minimum absolute atomic E-state index is 0. The van der Waals surface area contributed by atoms with Crippen molar-refractivity contribution in [2.24, 2.45) is 5.73 Å². The van der Waals surface area contributed by atoms with Gasteiger partial charge in [0, 0.05) is 10.6 Å². The van der Waals surface area contributed by atoms with Crippen LogP contribution in [0.1, 0.15) is 44.5 Å². The molecule has 2 aromatic rings. The second-order valence-electron chi connectivity index (χ2n) is 6.02. The maximum Gasteiger partial charge on any atom is 0.257 e. The Kier molecular flexibility index (Phi) is 5.85. The van der Waals surface area contributed by atoms with Crippen molar-refractivity contribution >= 4 is 29.9 Å². The molecule has 1 heterocycles. The number of rotatable bonds is 4. The van der Waals surface area contributed by atoms with Crippen molar-refractivity contribution < 1.29 is 9.32 Å². The molecule has 1 aliphatic carbocycles. The second-order valence-corrected chi connectivity index (χ2v) is 6.46. The molecule has 3 rings (SSSR count). The number of carbonyl (C=O) groups excluding carboxylic acids is 1. The molecule has 0 bridgehead atoms. The minimum Gasteiger partial charge on any atom is -0.345 e. The van der Waals surface area contributed by atoms with E-state index in [-0.39, 0.29) is 24.4 Å². The summed E-state index contributed by atoms with van der Waals surface area (Å²) in [5, 5.41) is 7.46. The molecule has 0 saturated heterocycles. The number of nitrogens with two attached hydrogens (primary N) is 1. The topological polar surface area (TPSA) is 94.0 Å². The van der Waals surface area contributed by atoms with Crippen LogP contribution in [0.5, 0.6) is 0 Å². The molecular formula is C16H20Cl2N4O2. The Labute approximate surface area is 151 Å². The van der Waals surface area contributed by atoms with Crippen molar-refractivity contribution in [1.82, 2.24) is 15.5 Å². The smallest absolute Gasteiger partial charge is 0.257 e. The normalized spacial score (nSPS) is 17.1. The zero-order valence-electron chi connectivity index (χ0n) is 13.3. The van der Waals surface area contributed by atoms with E-state index in [1.165, 1.54) is 0 Å². The monoisotopic (exact) mass is 370 g/mol. The van der Waals surface area contributed by atoms with E-state index in [0.29, 0.717) is 29.6 Å². The van der Waals surface area contributed by atoms with Crippen molar-refractivity contribution in [1.29, 1.82) is 0 Å². The molecular weight excluding hydrogens is 351 g/mol. The van der Waals surface area contributed by atoms with Gasteiger partial charge in [-0.15, -0.1) is 12.4 Å². The highest BCUT2D eigenvalue weighted by molar-refractivity contribution is 6.30. The summed E-state index contributed by atoms with van der Waals surface area (Å²) >= 11 is 5.86. The number of hydrogen-bond donors (Lipinski definition) is 2. The van der Waals surface area contributed by atoms with E-state index in [0.717, 1.165) is 18.4 Å². The first-order valence-corrected chi connectivity index (χ1v) is 8.05. The molecule has 130 valence electrons. The molecule has 1 atom stereocenters. The van der Waals surface area contributed by atoms with Crippen molar-refractivity contribution in [2.75, 3.05) is 0 Å². The molecule has 1 aliphatic rings. The van der Waals surface area contributed by atoms with Gasteiger partial charge in [0.15, 0.2) is 5.82 Å². The lowest BCUT2D eigenvalue weighted by atomic mass is 9.98. The van der Waals surface area contributed by atoms with Crippen LogP contribution < -0.4 is 11.1 Å². The van der Waals surface area contributed by atoms with Crippen LogP contribution in [-0.2, 0) is 4.79 Å². The quantitative estimate of drug-likeness (QED) is 0.860. The number of amides is 1. The summed E-state index contributed by atoms with van der Waals surface area (Å²) in [4.78, 5) is 16.7. The van der Waals surface area contributed by atoms with Crippen LogP contribution in [0.3, 0.4) is 0 Å². The average molecular weight is 371 g/mol. The van der Waals surface area contributed by atoms with Crippen LogP contribution in [0.25, 0.3) is 11.5 Å². The second kappa shape index (κ2) is 7.51. The summed E-state index contributed by atoms with van der Waals surface area (Å²) in [6.07, 6.45) is 3.41. The summed E-state index contributed by atoms with van der Waals surface area (Å²) in [7, 11) is 0. The fourth-order valence-electron chi connectivity index (χ4n) is 2.76. The van der Waals surface area contributed by atoms with Gasteiger partial charge >= 0.3 is 0 Å². The van der Waals surface area contributed by atoms with Crippen LogP contribution >= 0.6 is 24.0 Å². The van der Waals surface area contributed by atoms with Gasteiger partial charge in [-0.1, -0.05) is 29.6 Å². The van der Waals surface area contributed by atoms with E-state index in [1.807, 2.05) is 6.92 Å². The van der Waals surface area contributed by atoms with E-state index < -0.39 is 5.54 Å². The Bertz CT molecular complexity index is 696. The van der Waals surface area contributed by atoms with Crippen LogP contribution in [0.15, 0.2) is 28.8 Å². The van der Waals surface area contributed by atoms with E-state index in [9.17, 15) is 4.79 Å². The van der Waals surface area contributed by atoms with Gasteiger partial charge in [0.1, 0.15) is 0 Å².